The van der Waals surface area contributed by atoms with Crippen LogP contribution in [0, 0.1) is 0 Å². The lowest BCUT2D eigenvalue weighted by molar-refractivity contribution is -0.137. The molecule has 0 fully saturated rings. The molecule has 3 aromatic carbocycles. The standard InChI is InChI=1S/C25H17BrCl2F3NO3/c1-2-34-22-10-14(8-18(26)23(22)35-12-13-3-6-19(27)20(28)9-13)7-17-16-5-4-15(25(29,30)31)11-21(16)32-24(17)33/h3-11H,2,12H2,1H3,(H,32,33)/b17-7-. The summed E-state index contributed by atoms with van der Waals surface area (Å²) >= 11 is 15.5. The summed E-state index contributed by atoms with van der Waals surface area (Å²) in [5.41, 5.74) is 1.31. The first-order valence-electron chi connectivity index (χ1n) is 10.3. The number of carbonyl (C=O) groups excluding carboxylic acids is 1. The molecular weight excluding hydrogens is 570 g/mol. The second-order valence-corrected chi connectivity index (χ2v) is 9.24. The second-order valence-electron chi connectivity index (χ2n) is 7.57. The molecular formula is C25H17BrCl2F3NO3. The molecule has 1 heterocycles. The zero-order chi connectivity index (χ0) is 25.3. The highest BCUT2D eigenvalue weighted by Crippen LogP contribution is 2.41. The zero-order valence-electron chi connectivity index (χ0n) is 18.1. The maximum atomic E-state index is 13.0. The Morgan fingerprint density at radius 3 is 2.49 bits per heavy atom. The van der Waals surface area contributed by atoms with Gasteiger partial charge in [0.2, 0.25) is 0 Å². The summed E-state index contributed by atoms with van der Waals surface area (Å²) < 4.78 is 51.4. The van der Waals surface area contributed by atoms with Crippen LogP contribution >= 0.6 is 39.1 Å². The summed E-state index contributed by atoms with van der Waals surface area (Å²) in [4.78, 5) is 12.5. The van der Waals surface area contributed by atoms with Crippen molar-refractivity contribution in [3.8, 4) is 11.5 Å². The molecule has 0 saturated heterocycles. The lowest BCUT2D eigenvalue weighted by atomic mass is 10.0. The van der Waals surface area contributed by atoms with Gasteiger partial charge in [0.05, 0.1) is 26.7 Å². The Morgan fingerprint density at radius 1 is 1.03 bits per heavy atom. The molecule has 0 unspecified atom stereocenters. The predicted octanol–water partition coefficient (Wildman–Crippen LogP) is 8.25. The third-order valence-electron chi connectivity index (χ3n) is 5.14. The SMILES string of the molecule is CCOc1cc(/C=C2\C(=O)Nc3cc(C(F)(F)F)ccc32)cc(Br)c1OCc1ccc(Cl)c(Cl)c1. The Balaban J connectivity index is 1.65. The van der Waals surface area contributed by atoms with Crippen LogP contribution in [0.2, 0.25) is 10.0 Å². The highest BCUT2D eigenvalue weighted by molar-refractivity contribution is 9.10. The molecule has 4 nitrogen and oxygen atoms in total. The fourth-order valence-electron chi connectivity index (χ4n) is 3.54. The van der Waals surface area contributed by atoms with Crippen LogP contribution in [0.15, 0.2) is 53.0 Å². The molecule has 0 atom stereocenters. The molecule has 1 amide bonds. The van der Waals surface area contributed by atoms with E-state index in [1.165, 1.54) is 6.07 Å². The molecule has 4 rings (SSSR count). The number of hydrogen-bond acceptors (Lipinski definition) is 3. The Bertz CT molecular complexity index is 1340. The van der Waals surface area contributed by atoms with Crippen molar-refractivity contribution in [3.63, 3.8) is 0 Å². The Labute approximate surface area is 217 Å². The van der Waals surface area contributed by atoms with Crippen molar-refractivity contribution >= 4 is 62.4 Å². The van der Waals surface area contributed by atoms with Crippen molar-refractivity contribution in [3.05, 3.63) is 85.3 Å². The van der Waals surface area contributed by atoms with Crippen LogP contribution in [0.25, 0.3) is 11.6 Å². The summed E-state index contributed by atoms with van der Waals surface area (Å²) in [7, 11) is 0. The van der Waals surface area contributed by atoms with Gasteiger partial charge in [-0.15, -0.1) is 0 Å². The van der Waals surface area contributed by atoms with Gasteiger partial charge in [0.15, 0.2) is 11.5 Å². The zero-order valence-corrected chi connectivity index (χ0v) is 21.2. The molecule has 0 spiro atoms. The van der Waals surface area contributed by atoms with Gasteiger partial charge in [0.25, 0.3) is 5.91 Å². The average Bonchev–Trinajstić information content (AvgIpc) is 3.09. The smallest absolute Gasteiger partial charge is 0.416 e. The maximum absolute atomic E-state index is 13.0. The lowest BCUT2D eigenvalue weighted by Gasteiger charge is -2.15. The quantitative estimate of drug-likeness (QED) is 0.296. The molecule has 35 heavy (non-hydrogen) atoms. The van der Waals surface area contributed by atoms with E-state index >= 15 is 0 Å². The van der Waals surface area contributed by atoms with Crippen molar-refractivity contribution in [2.24, 2.45) is 0 Å². The number of ether oxygens (including phenoxy) is 2. The van der Waals surface area contributed by atoms with E-state index in [9.17, 15) is 18.0 Å². The Hall–Kier alpha value is -2.68. The van der Waals surface area contributed by atoms with E-state index < -0.39 is 17.6 Å². The van der Waals surface area contributed by atoms with Gasteiger partial charge in [0, 0.05) is 16.8 Å². The molecule has 182 valence electrons. The van der Waals surface area contributed by atoms with E-state index in [2.05, 4.69) is 21.2 Å². The van der Waals surface area contributed by atoms with Crippen LogP contribution in [-0.4, -0.2) is 12.5 Å². The minimum absolute atomic E-state index is 0.113. The second kappa shape index (κ2) is 10.1. The number of halogens is 6. The third kappa shape index (κ3) is 5.60. The molecule has 10 heteroatoms. The van der Waals surface area contributed by atoms with E-state index in [1.54, 1.807) is 36.4 Å². The largest absolute Gasteiger partial charge is 0.490 e. The monoisotopic (exact) mass is 585 g/mol. The molecule has 1 aliphatic rings. The first-order chi connectivity index (χ1) is 16.6. The summed E-state index contributed by atoms with van der Waals surface area (Å²) in [6.45, 7) is 2.38. The van der Waals surface area contributed by atoms with E-state index in [1.807, 2.05) is 6.92 Å². The summed E-state index contributed by atoms with van der Waals surface area (Å²) in [6.07, 6.45) is -2.92. The van der Waals surface area contributed by atoms with Gasteiger partial charge in [-0.2, -0.15) is 13.2 Å². The first kappa shape index (κ1) is 25.4. The minimum atomic E-state index is -4.50. The van der Waals surface area contributed by atoms with Crippen molar-refractivity contribution in [2.75, 3.05) is 11.9 Å². The van der Waals surface area contributed by atoms with Crippen molar-refractivity contribution in [1.29, 1.82) is 0 Å². The number of amides is 1. The summed E-state index contributed by atoms with van der Waals surface area (Å²) in [5, 5.41) is 3.35. The normalized spacial score (nSPS) is 14.1. The van der Waals surface area contributed by atoms with Crippen LogP contribution < -0.4 is 14.8 Å². The molecule has 0 aromatic heterocycles. The fraction of sp³-hybridized carbons (Fsp3) is 0.160. The Morgan fingerprint density at radius 2 is 1.80 bits per heavy atom. The van der Waals surface area contributed by atoms with E-state index in [-0.39, 0.29) is 17.9 Å². The minimum Gasteiger partial charge on any atom is -0.490 e. The fourth-order valence-corrected chi connectivity index (χ4v) is 4.43. The van der Waals surface area contributed by atoms with Gasteiger partial charge in [-0.25, -0.2) is 0 Å². The van der Waals surface area contributed by atoms with Gasteiger partial charge in [-0.05, 0) is 76.5 Å². The number of alkyl halides is 3. The van der Waals surface area contributed by atoms with Crippen LogP contribution in [-0.2, 0) is 17.6 Å². The van der Waals surface area contributed by atoms with Gasteiger partial charge in [-0.3, -0.25) is 4.79 Å². The van der Waals surface area contributed by atoms with Crippen molar-refractivity contribution in [2.45, 2.75) is 19.7 Å². The third-order valence-corrected chi connectivity index (χ3v) is 6.47. The van der Waals surface area contributed by atoms with Crippen LogP contribution in [0.5, 0.6) is 11.5 Å². The number of nitrogens with one attached hydrogen (secondary N) is 1. The van der Waals surface area contributed by atoms with Gasteiger partial charge in [-0.1, -0.05) is 35.3 Å². The number of benzene rings is 3. The first-order valence-corrected chi connectivity index (χ1v) is 11.9. The van der Waals surface area contributed by atoms with Gasteiger partial charge >= 0.3 is 6.18 Å². The number of rotatable bonds is 6. The lowest BCUT2D eigenvalue weighted by Crippen LogP contribution is -2.06. The van der Waals surface area contributed by atoms with Gasteiger partial charge < -0.3 is 14.8 Å². The van der Waals surface area contributed by atoms with Crippen LogP contribution in [0.3, 0.4) is 0 Å². The number of hydrogen-bond donors (Lipinski definition) is 1. The Kier molecular flexibility index (Phi) is 7.35. The van der Waals surface area contributed by atoms with E-state index in [0.717, 1.165) is 17.7 Å². The maximum Gasteiger partial charge on any atom is 0.416 e. The topological polar surface area (TPSA) is 47.6 Å². The molecule has 3 aromatic rings. The highest BCUT2D eigenvalue weighted by Gasteiger charge is 2.33. The average molecular weight is 587 g/mol. The predicted molar refractivity (Wildman–Crippen MR) is 134 cm³/mol. The molecule has 0 aliphatic carbocycles. The summed E-state index contributed by atoms with van der Waals surface area (Å²) in [6, 6.07) is 11.8. The number of carbonyl (C=O) groups is 1. The molecule has 0 radical (unpaired) electrons. The molecule has 1 aliphatic heterocycles. The highest BCUT2D eigenvalue weighted by atomic mass is 79.9. The van der Waals surface area contributed by atoms with Gasteiger partial charge in [0.1, 0.15) is 6.61 Å². The molecule has 0 saturated carbocycles. The van der Waals surface area contributed by atoms with E-state index in [0.29, 0.717) is 43.8 Å². The molecule has 1 N–H and O–H groups in total. The van der Waals surface area contributed by atoms with E-state index in [4.69, 9.17) is 32.7 Å². The van der Waals surface area contributed by atoms with Crippen LogP contribution in [0.1, 0.15) is 29.2 Å². The van der Waals surface area contributed by atoms with Crippen LogP contribution in [0.4, 0.5) is 18.9 Å². The number of fused-ring (bicyclic) bond motifs is 1. The molecule has 0 bridgehead atoms. The van der Waals surface area contributed by atoms with Crippen molar-refractivity contribution in [1.82, 2.24) is 0 Å². The van der Waals surface area contributed by atoms with Crippen molar-refractivity contribution < 1.29 is 27.4 Å². The summed E-state index contributed by atoms with van der Waals surface area (Å²) in [5.74, 6) is 0.388. The number of anilines is 1.